The van der Waals surface area contributed by atoms with Crippen molar-refractivity contribution in [1.82, 2.24) is 10.2 Å². The SMILES string of the molecule is CCOc1ccc(N[C@H](C)C(=O)Nc2nnc(CC)s2)cc1. The molecule has 6 nitrogen and oxygen atoms in total. The third kappa shape index (κ3) is 4.42. The van der Waals surface area contributed by atoms with Gasteiger partial charge in [-0.2, -0.15) is 0 Å². The van der Waals surface area contributed by atoms with Crippen LogP contribution in [0.3, 0.4) is 0 Å². The largest absolute Gasteiger partial charge is 0.494 e. The second-order valence-corrected chi connectivity index (χ2v) is 5.73. The van der Waals surface area contributed by atoms with Crippen molar-refractivity contribution in [3.63, 3.8) is 0 Å². The van der Waals surface area contributed by atoms with Gasteiger partial charge in [0, 0.05) is 5.69 Å². The van der Waals surface area contributed by atoms with E-state index in [9.17, 15) is 4.79 Å². The molecule has 2 N–H and O–H groups in total. The Balaban J connectivity index is 1.90. The van der Waals surface area contributed by atoms with Gasteiger partial charge in [0.2, 0.25) is 11.0 Å². The van der Waals surface area contributed by atoms with Crippen molar-refractivity contribution in [3.8, 4) is 5.75 Å². The molecule has 0 aliphatic rings. The summed E-state index contributed by atoms with van der Waals surface area (Å²) in [7, 11) is 0. The van der Waals surface area contributed by atoms with Gasteiger partial charge >= 0.3 is 0 Å². The van der Waals surface area contributed by atoms with E-state index in [0.29, 0.717) is 11.7 Å². The molecule has 1 atom stereocenters. The zero-order valence-electron chi connectivity index (χ0n) is 12.9. The predicted molar refractivity (Wildman–Crippen MR) is 88.6 cm³/mol. The van der Waals surface area contributed by atoms with E-state index < -0.39 is 0 Å². The molecule has 2 aromatic rings. The number of rotatable bonds is 7. The Bertz CT molecular complexity index is 612. The monoisotopic (exact) mass is 320 g/mol. The molecule has 0 unspecified atom stereocenters. The zero-order chi connectivity index (χ0) is 15.9. The van der Waals surface area contributed by atoms with E-state index in [2.05, 4.69) is 20.8 Å². The molecule has 22 heavy (non-hydrogen) atoms. The van der Waals surface area contributed by atoms with Crippen LogP contribution in [-0.2, 0) is 11.2 Å². The lowest BCUT2D eigenvalue weighted by Crippen LogP contribution is -2.31. The lowest BCUT2D eigenvalue weighted by Gasteiger charge is -2.14. The van der Waals surface area contributed by atoms with Crippen LogP contribution in [0, 0.1) is 0 Å². The van der Waals surface area contributed by atoms with Crippen molar-refractivity contribution in [3.05, 3.63) is 29.3 Å². The van der Waals surface area contributed by atoms with Crippen molar-refractivity contribution < 1.29 is 9.53 Å². The summed E-state index contributed by atoms with van der Waals surface area (Å²) >= 11 is 1.39. The number of nitrogens with zero attached hydrogens (tertiary/aromatic N) is 2. The molecule has 0 bridgehead atoms. The van der Waals surface area contributed by atoms with Gasteiger partial charge in [-0.1, -0.05) is 18.3 Å². The van der Waals surface area contributed by atoms with E-state index in [1.54, 1.807) is 6.92 Å². The fraction of sp³-hybridized carbons (Fsp3) is 0.400. The lowest BCUT2D eigenvalue weighted by atomic mass is 10.2. The molecule has 1 aromatic carbocycles. The van der Waals surface area contributed by atoms with Crippen LogP contribution < -0.4 is 15.4 Å². The van der Waals surface area contributed by atoms with Crippen LogP contribution in [0.5, 0.6) is 5.75 Å². The smallest absolute Gasteiger partial charge is 0.248 e. The van der Waals surface area contributed by atoms with Gasteiger partial charge in [-0.3, -0.25) is 10.1 Å². The number of hydrogen-bond donors (Lipinski definition) is 2. The van der Waals surface area contributed by atoms with Crippen molar-refractivity contribution in [2.24, 2.45) is 0 Å². The van der Waals surface area contributed by atoms with Gasteiger partial charge < -0.3 is 10.1 Å². The molecule has 0 fully saturated rings. The van der Waals surface area contributed by atoms with Crippen molar-refractivity contribution in [2.75, 3.05) is 17.2 Å². The maximum absolute atomic E-state index is 12.1. The standard InChI is InChI=1S/C15H20N4O2S/c1-4-13-18-19-15(22-13)17-14(20)10(3)16-11-6-8-12(9-7-11)21-5-2/h6-10,16H,4-5H2,1-3H3,(H,17,19,20)/t10-/m1/s1. The molecule has 0 spiro atoms. The molecule has 0 saturated carbocycles. The number of carbonyl (C=O) groups is 1. The van der Waals surface area contributed by atoms with Crippen LogP contribution in [0.1, 0.15) is 25.8 Å². The first-order chi connectivity index (χ1) is 10.6. The van der Waals surface area contributed by atoms with Crippen LogP contribution >= 0.6 is 11.3 Å². The number of nitrogens with one attached hydrogen (secondary N) is 2. The minimum atomic E-state index is -0.382. The summed E-state index contributed by atoms with van der Waals surface area (Å²) in [6.45, 7) is 6.37. The Labute approximate surface area is 133 Å². The zero-order valence-corrected chi connectivity index (χ0v) is 13.7. The number of aryl methyl sites for hydroxylation is 1. The maximum Gasteiger partial charge on any atom is 0.248 e. The minimum absolute atomic E-state index is 0.146. The molecule has 1 amide bonds. The van der Waals surface area contributed by atoms with Crippen LogP contribution in [0.15, 0.2) is 24.3 Å². The average Bonchev–Trinajstić information content (AvgIpc) is 2.97. The van der Waals surface area contributed by atoms with E-state index in [1.807, 2.05) is 38.1 Å². The molecular formula is C15H20N4O2S. The quantitative estimate of drug-likeness (QED) is 0.820. The number of ether oxygens (including phenoxy) is 1. The fourth-order valence-electron chi connectivity index (χ4n) is 1.79. The summed E-state index contributed by atoms with van der Waals surface area (Å²) in [6, 6.07) is 7.12. The normalized spacial score (nSPS) is 11.8. The molecule has 1 aromatic heterocycles. The Morgan fingerprint density at radius 2 is 2.00 bits per heavy atom. The highest BCUT2D eigenvalue weighted by atomic mass is 32.1. The second-order valence-electron chi connectivity index (χ2n) is 4.67. The second kappa shape index (κ2) is 7.74. The van der Waals surface area contributed by atoms with Gasteiger partial charge in [0.05, 0.1) is 6.61 Å². The maximum atomic E-state index is 12.1. The number of benzene rings is 1. The molecule has 0 aliphatic heterocycles. The highest BCUT2D eigenvalue weighted by Crippen LogP contribution is 2.18. The van der Waals surface area contributed by atoms with Crippen LogP contribution in [0.4, 0.5) is 10.8 Å². The van der Waals surface area contributed by atoms with Crippen molar-refractivity contribution in [1.29, 1.82) is 0 Å². The molecule has 0 aliphatic carbocycles. The Morgan fingerprint density at radius 3 is 2.59 bits per heavy atom. The lowest BCUT2D eigenvalue weighted by molar-refractivity contribution is -0.116. The van der Waals surface area contributed by atoms with E-state index in [0.717, 1.165) is 22.9 Å². The molecule has 1 heterocycles. The Hall–Kier alpha value is -2.15. The minimum Gasteiger partial charge on any atom is -0.494 e. The molecule has 0 saturated heterocycles. The number of amides is 1. The topological polar surface area (TPSA) is 76.1 Å². The van der Waals surface area contributed by atoms with Crippen LogP contribution in [0.25, 0.3) is 0 Å². The van der Waals surface area contributed by atoms with Crippen LogP contribution in [-0.4, -0.2) is 28.8 Å². The fourth-order valence-corrected chi connectivity index (χ4v) is 2.47. The van der Waals surface area contributed by atoms with E-state index in [-0.39, 0.29) is 11.9 Å². The van der Waals surface area contributed by atoms with Crippen LogP contribution in [0.2, 0.25) is 0 Å². The molecule has 0 radical (unpaired) electrons. The molecule has 2 rings (SSSR count). The summed E-state index contributed by atoms with van der Waals surface area (Å²) < 4.78 is 5.38. The van der Waals surface area contributed by atoms with E-state index in [4.69, 9.17) is 4.74 Å². The third-order valence-electron chi connectivity index (χ3n) is 2.94. The number of aromatic nitrogens is 2. The van der Waals surface area contributed by atoms with E-state index in [1.165, 1.54) is 11.3 Å². The van der Waals surface area contributed by atoms with Crippen molar-refractivity contribution >= 4 is 28.1 Å². The predicted octanol–water partition coefficient (Wildman–Crippen LogP) is 2.94. The molecule has 118 valence electrons. The summed E-state index contributed by atoms with van der Waals surface area (Å²) in [6.07, 6.45) is 0.813. The first-order valence-electron chi connectivity index (χ1n) is 7.25. The molecule has 7 heteroatoms. The number of hydrogen-bond acceptors (Lipinski definition) is 6. The molecular weight excluding hydrogens is 300 g/mol. The van der Waals surface area contributed by atoms with Crippen molar-refractivity contribution in [2.45, 2.75) is 33.2 Å². The van der Waals surface area contributed by atoms with Gasteiger partial charge in [-0.25, -0.2) is 0 Å². The van der Waals surface area contributed by atoms with E-state index >= 15 is 0 Å². The van der Waals surface area contributed by atoms with Gasteiger partial charge in [0.15, 0.2) is 0 Å². The Kier molecular flexibility index (Phi) is 5.71. The summed E-state index contributed by atoms with van der Waals surface area (Å²) in [5.41, 5.74) is 0.859. The first-order valence-corrected chi connectivity index (χ1v) is 8.06. The summed E-state index contributed by atoms with van der Waals surface area (Å²) in [4.78, 5) is 12.1. The van der Waals surface area contributed by atoms with Gasteiger partial charge in [-0.15, -0.1) is 10.2 Å². The number of carbonyl (C=O) groups excluding carboxylic acids is 1. The first kappa shape index (κ1) is 16.2. The highest BCUT2D eigenvalue weighted by Gasteiger charge is 2.15. The van der Waals surface area contributed by atoms with Gasteiger partial charge in [0.1, 0.15) is 16.8 Å². The average molecular weight is 320 g/mol. The highest BCUT2D eigenvalue weighted by molar-refractivity contribution is 7.15. The van der Waals surface area contributed by atoms with Gasteiger partial charge in [0.25, 0.3) is 0 Å². The Morgan fingerprint density at radius 1 is 1.27 bits per heavy atom. The van der Waals surface area contributed by atoms with Gasteiger partial charge in [-0.05, 0) is 44.5 Å². The summed E-state index contributed by atoms with van der Waals surface area (Å²) in [5, 5.41) is 15.3. The summed E-state index contributed by atoms with van der Waals surface area (Å²) in [5.74, 6) is 0.666. The number of anilines is 2. The third-order valence-corrected chi connectivity index (χ3v) is 3.92.